The number of aliphatic carboxylic acids is 1. The van der Waals surface area contributed by atoms with E-state index < -0.39 is 11.6 Å². The van der Waals surface area contributed by atoms with E-state index in [1.165, 1.54) is 19.6 Å². The molecule has 1 rings (SSSR count). The number of carbonyl (C=O) groups is 1. The van der Waals surface area contributed by atoms with Crippen LogP contribution in [-0.2, 0) is 10.5 Å². The number of carboxylic acid groups (broad SMARTS) is 1. The summed E-state index contributed by atoms with van der Waals surface area (Å²) in [6.45, 7) is 1.34. The largest absolute Gasteiger partial charge is 0.478 e. The molecular formula is C5H8N4O2. The van der Waals surface area contributed by atoms with Crippen LogP contribution in [0.15, 0.2) is 12.7 Å². The van der Waals surface area contributed by atoms with Crippen molar-refractivity contribution in [1.82, 2.24) is 14.8 Å². The van der Waals surface area contributed by atoms with Gasteiger partial charge in [0.1, 0.15) is 12.7 Å². The minimum Gasteiger partial charge on any atom is -0.478 e. The minimum absolute atomic E-state index is 1.08. The first-order valence-electron chi connectivity index (χ1n) is 2.92. The molecule has 6 nitrogen and oxygen atoms in total. The van der Waals surface area contributed by atoms with Crippen molar-refractivity contribution in [2.45, 2.75) is 12.6 Å². The second kappa shape index (κ2) is 2.31. The molecule has 0 aliphatic carbocycles. The van der Waals surface area contributed by atoms with E-state index in [-0.39, 0.29) is 0 Å². The van der Waals surface area contributed by atoms with Gasteiger partial charge in [-0.05, 0) is 6.92 Å². The fraction of sp³-hybridized carbons (Fsp3) is 0.400. The zero-order valence-electron chi connectivity index (χ0n) is 5.93. The lowest BCUT2D eigenvalue weighted by atomic mass is 10.2. The molecular weight excluding hydrogens is 148 g/mol. The lowest BCUT2D eigenvalue weighted by Gasteiger charge is -2.18. The van der Waals surface area contributed by atoms with Gasteiger partial charge in [-0.2, -0.15) is 5.10 Å². The fourth-order valence-corrected chi connectivity index (χ4v) is 0.546. The van der Waals surface area contributed by atoms with Crippen LogP contribution in [0.5, 0.6) is 0 Å². The highest BCUT2D eigenvalue weighted by molar-refractivity contribution is 5.75. The second-order valence-electron chi connectivity index (χ2n) is 2.29. The standard InChI is InChI=1S/C5H8N4O2/c1-5(6,4(10)11)9-3-7-2-8-9/h2-3H,6H2,1H3,(H,10,11). The van der Waals surface area contributed by atoms with Gasteiger partial charge < -0.3 is 5.11 Å². The summed E-state index contributed by atoms with van der Waals surface area (Å²) in [4.78, 5) is 14.1. The molecule has 1 aromatic rings. The van der Waals surface area contributed by atoms with Gasteiger partial charge in [0.25, 0.3) is 0 Å². The molecule has 1 unspecified atom stereocenters. The number of carboxylic acids is 1. The monoisotopic (exact) mass is 156 g/mol. The number of nitrogens with two attached hydrogens (primary N) is 1. The Morgan fingerprint density at radius 3 is 2.82 bits per heavy atom. The van der Waals surface area contributed by atoms with Crippen LogP contribution >= 0.6 is 0 Å². The average Bonchev–Trinajstić information content (AvgIpc) is 2.37. The van der Waals surface area contributed by atoms with Gasteiger partial charge in [0.05, 0.1) is 0 Å². The lowest BCUT2D eigenvalue weighted by Crippen LogP contribution is -2.47. The molecule has 0 aromatic carbocycles. The first-order valence-corrected chi connectivity index (χ1v) is 2.92. The van der Waals surface area contributed by atoms with Crippen molar-refractivity contribution in [3.8, 4) is 0 Å². The molecule has 0 aliphatic heterocycles. The quantitative estimate of drug-likeness (QED) is 0.572. The number of nitrogens with zero attached hydrogens (tertiary/aromatic N) is 3. The molecule has 1 aromatic heterocycles. The summed E-state index contributed by atoms with van der Waals surface area (Å²) in [6, 6.07) is 0. The number of rotatable bonds is 2. The third kappa shape index (κ3) is 1.20. The van der Waals surface area contributed by atoms with Crippen molar-refractivity contribution in [2.75, 3.05) is 0 Å². The Morgan fingerprint density at radius 1 is 1.82 bits per heavy atom. The van der Waals surface area contributed by atoms with Crippen LogP contribution in [0.1, 0.15) is 6.92 Å². The van der Waals surface area contributed by atoms with Crippen molar-refractivity contribution in [3.63, 3.8) is 0 Å². The van der Waals surface area contributed by atoms with Crippen LogP contribution in [0.25, 0.3) is 0 Å². The summed E-state index contributed by atoms with van der Waals surface area (Å²) in [5.74, 6) is -1.15. The number of hydrogen-bond acceptors (Lipinski definition) is 4. The van der Waals surface area contributed by atoms with Crippen molar-refractivity contribution >= 4 is 5.97 Å². The summed E-state index contributed by atoms with van der Waals surface area (Å²) in [5.41, 5.74) is 3.87. The van der Waals surface area contributed by atoms with Gasteiger partial charge >= 0.3 is 5.97 Å². The van der Waals surface area contributed by atoms with E-state index in [9.17, 15) is 4.79 Å². The molecule has 1 atom stereocenters. The Balaban J connectivity index is 3.00. The first-order chi connectivity index (χ1) is 5.05. The second-order valence-corrected chi connectivity index (χ2v) is 2.29. The van der Waals surface area contributed by atoms with E-state index in [2.05, 4.69) is 10.1 Å². The number of hydrogen-bond donors (Lipinski definition) is 2. The molecule has 0 aliphatic rings. The Kier molecular flexibility index (Phi) is 1.61. The molecule has 1 heterocycles. The molecule has 3 N–H and O–H groups in total. The highest BCUT2D eigenvalue weighted by atomic mass is 16.4. The average molecular weight is 156 g/mol. The van der Waals surface area contributed by atoms with Crippen molar-refractivity contribution in [1.29, 1.82) is 0 Å². The third-order valence-corrected chi connectivity index (χ3v) is 1.33. The van der Waals surface area contributed by atoms with Crippen LogP contribution in [0.3, 0.4) is 0 Å². The predicted octanol–water partition coefficient (Wildman–Crippen LogP) is -1.01. The van der Waals surface area contributed by atoms with Gasteiger partial charge in [0.15, 0.2) is 0 Å². The van der Waals surface area contributed by atoms with Gasteiger partial charge in [-0.15, -0.1) is 0 Å². The van der Waals surface area contributed by atoms with Crippen molar-refractivity contribution in [3.05, 3.63) is 12.7 Å². The van der Waals surface area contributed by atoms with Crippen molar-refractivity contribution < 1.29 is 9.90 Å². The molecule has 11 heavy (non-hydrogen) atoms. The van der Waals surface area contributed by atoms with Gasteiger partial charge in [0, 0.05) is 0 Å². The summed E-state index contributed by atoms with van der Waals surface area (Å²) >= 11 is 0. The number of aromatic nitrogens is 3. The summed E-state index contributed by atoms with van der Waals surface area (Å²) in [6.07, 6.45) is 2.49. The maximum absolute atomic E-state index is 10.5. The Hall–Kier alpha value is -1.43. The maximum Gasteiger partial charge on any atom is 0.346 e. The summed E-state index contributed by atoms with van der Waals surface area (Å²) in [7, 11) is 0. The Labute approximate surface area is 62.6 Å². The van der Waals surface area contributed by atoms with Gasteiger partial charge in [-0.3, -0.25) is 5.73 Å². The summed E-state index contributed by atoms with van der Waals surface area (Å²) < 4.78 is 1.08. The van der Waals surface area contributed by atoms with E-state index >= 15 is 0 Å². The zero-order valence-corrected chi connectivity index (χ0v) is 5.93. The third-order valence-electron chi connectivity index (χ3n) is 1.33. The molecule has 0 radical (unpaired) electrons. The molecule has 0 bridgehead atoms. The minimum atomic E-state index is -1.52. The summed E-state index contributed by atoms with van der Waals surface area (Å²) in [5, 5.41) is 12.2. The van der Waals surface area contributed by atoms with E-state index in [4.69, 9.17) is 10.8 Å². The topological polar surface area (TPSA) is 94.0 Å². The zero-order chi connectivity index (χ0) is 8.48. The van der Waals surface area contributed by atoms with Crippen LogP contribution in [0, 0.1) is 0 Å². The molecule has 0 amide bonds. The normalized spacial score (nSPS) is 15.8. The Morgan fingerprint density at radius 2 is 2.45 bits per heavy atom. The van der Waals surface area contributed by atoms with Crippen LogP contribution in [0.4, 0.5) is 0 Å². The van der Waals surface area contributed by atoms with Crippen LogP contribution in [-0.4, -0.2) is 25.8 Å². The molecule has 0 fully saturated rings. The van der Waals surface area contributed by atoms with Crippen molar-refractivity contribution in [2.24, 2.45) is 5.73 Å². The fourth-order valence-electron chi connectivity index (χ4n) is 0.546. The smallest absolute Gasteiger partial charge is 0.346 e. The highest BCUT2D eigenvalue weighted by Gasteiger charge is 2.30. The van der Waals surface area contributed by atoms with E-state index in [1.807, 2.05) is 0 Å². The SMILES string of the molecule is CC(N)(C(=O)O)n1cncn1. The van der Waals surface area contributed by atoms with Gasteiger partial charge in [0.2, 0.25) is 5.66 Å². The molecule has 0 saturated heterocycles. The molecule has 0 saturated carbocycles. The van der Waals surface area contributed by atoms with Crippen LogP contribution < -0.4 is 5.73 Å². The first kappa shape index (κ1) is 7.67. The molecule has 60 valence electrons. The Bertz CT molecular complexity index is 253. The van der Waals surface area contributed by atoms with E-state index in [0.717, 1.165) is 4.68 Å². The lowest BCUT2D eigenvalue weighted by molar-refractivity contribution is -0.146. The van der Waals surface area contributed by atoms with Crippen LogP contribution in [0.2, 0.25) is 0 Å². The molecule has 6 heteroatoms. The maximum atomic E-state index is 10.5. The van der Waals surface area contributed by atoms with E-state index in [0.29, 0.717) is 0 Å². The van der Waals surface area contributed by atoms with Gasteiger partial charge in [-0.1, -0.05) is 0 Å². The van der Waals surface area contributed by atoms with Gasteiger partial charge in [-0.25, -0.2) is 14.5 Å². The molecule has 0 spiro atoms. The van der Waals surface area contributed by atoms with E-state index in [1.54, 1.807) is 0 Å². The predicted molar refractivity (Wildman–Crippen MR) is 35.5 cm³/mol. The highest BCUT2D eigenvalue weighted by Crippen LogP contribution is 2.04.